The largest absolute Gasteiger partial charge is 0.348 e. The Bertz CT molecular complexity index is 978. The molecule has 0 aliphatic heterocycles. The molecule has 0 fully saturated rings. The molecule has 30 heavy (non-hydrogen) atoms. The van der Waals surface area contributed by atoms with Crippen LogP contribution < -0.4 is 11.0 Å². The minimum Gasteiger partial charge on any atom is -0.324 e. The lowest BCUT2D eigenvalue weighted by atomic mass is 9.97. The molecule has 0 saturated heterocycles. The van der Waals surface area contributed by atoms with Crippen molar-refractivity contribution in [1.82, 2.24) is 14.5 Å². The number of halogens is 2. The summed E-state index contributed by atoms with van der Waals surface area (Å²) < 4.78 is 1.83. The van der Waals surface area contributed by atoms with Gasteiger partial charge in [0.15, 0.2) is 0 Å². The average molecular weight is 469 g/mol. The average Bonchev–Trinajstić information content (AvgIpc) is 2.71. The van der Waals surface area contributed by atoms with Gasteiger partial charge >= 0.3 is 5.69 Å². The van der Waals surface area contributed by atoms with Gasteiger partial charge in [-0.05, 0) is 64.9 Å². The molecule has 0 bridgehead atoms. The summed E-state index contributed by atoms with van der Waals surface area (Å²) in [6.07, 6.45) is 4.81. The third-order valence-corrected chi connectivity index (χ3v) is 6.84. The van der Waals surface area contributed by atoms with Crippen molar-refractivity contribution < 1.29 is 4.79 Å². The van der Waals surface area contributed by atoms with Crippen LogP contribution in [0.1, 0.15) is 30.5 Å². The summed E-state index contributed by atoms with van der Waals surface area (Å²) in [5.41, 5.74) is 2.45. The van der Waals surface area contributed by atoms with Crippen molar-refractivity contribution in [1.29, 1.82) is 0 Å². The van der Waals surface area contributed by atoms with Crippen LogP contribution in [0.25, 0.3) is 0 Å². The number of aromatic nitrogens is 2. The monoisotopic (exact) mass is 468 g/mol. The number of amides is 1. The fraction of sp³-hybridized carbons (Fsp3) is 0.476. The van der Waals surface area contributed by atoms with E-state index in [0.29, 0.717) is 27.3 Å². The van der Waals surface area contributed by atoms with Gasteiger partial charge in [0.2, 0.25) is 5.91 Å². The van der Waals surface area contributed by atoms with E-state index in [1.807, 2.05) is 18.7 Å². The SMILES string of the molecule is CN(C)CCCn1c2c(c(SCC(=O)Nc3cccc(Cl)c3Cl)nc1=O)CCCC2. The van der Waals surface area contributed by atoms with Crippen molar-refractivity contribution in [3.05, 3.63) is 50.0 Å². The molecule has 1 aliphatic carbocycles. The second-order valence-corrected chi connectivity index (χ2v) is 9.33. The highest BCUT2D eigenvalue weighted by molar-refractivity contribution is 8.00. The van der Waals surface area contributed by atoms with Crippen LogP contribution in [0.15, 0.2) is 28.0 Å². The van der Waals surface area contributed by atoms with Crippen LogP contribution in [0.3, 0.4) is 0 Å². The Morgan fingerprint density at radius 3 is 2.80 bits per heavy atom. The van der Waals surface area contributed by atoms with Gasteiger partial charge in [0.1, 0.15) is 5.03 Å². The number of anilines is 1. The van der Waals surface area contributed by atoms with E-state index >= 15 is 0 Å². The second-order valence-electron chi connectivity index (χ2n) is 7.58. The van der Waals surface area contributed by atoms with E-state index in [4.69, 9.17) is 23.2 Å². The molecule has 1 N–H and O–H groups in total. The molecule has 1 amide bonds. The number of benzene rings is 1. The summed E-state index contributed by atoms with van der Waals surface area (Å²) in [6.45, 7) is 1.59. The van der Waals surface area contributed by atoms with E-state index in [2.05, 4.69) is 15.2 Å². The summed E-state index contributed by atoms with van der Waals surface area (Å²) in [6, 6.07) is 5.09. The summed E-state index contributed by atoms with van der Waals surface area (Å²) >= 11 is 13.4. The van der Waals surface area contributed by atoms with E-state index in [9.17, 15) is 9.59 Å². The second kappa shape index (κ2) is 10.7. The van der Waals surface area contributed by atoms with Crippen molar-refractivity contribution in [3.8, 4) is 0 Å². The zero-order valence-electron chi connectivity index (χ0n) is 17.2. The van der Waals surface area contributed by atoms with E-state index in [1.54, 1.807) is 18.2 Å². The molecule has 6 nitrogen and oxygen atoms in total. The Balaban J connectivity index is 1.73. The molecule has 3 rings (SSSR count). The lowest BCUT2D eigenvalue weighted by Crippen LogP contribution is -2.31. The van der Waals surface area contributed by atoms with Crippen molar-refractivity contribution in [2.75, 3.05) is 31.7 Å². The van der Waals surface area contributed by atoms with Gasteiger partial charge < -0.3 is 10.2 Å². The fourth-order valence-corrected chi connectivity index (χ4v) is 4.79. The highest BCUT2D eigenvalue weighted by atomic mass is 35.5. The molecule has 0 unspecified atom stereocenters. The molecule has 1 aliphatic rings. The molecule has 0 spiro atoms. The predicted octanol–water partition coefficient (Wildman–Crippen LogP) is 4.11. The van der Waals surface area contributed by atoms with Gasteiger partial charge in [-0.15, -0.1) is 0 Å². The molecular weight excluding hydrogens is 443 g/mol. The van der Waals surface area contributed by atoms with Crippen molar-refractivity contribution in [2.45, 2.75) is 43.7 Å². The summed E-state index contributed by atoms with van der Waals surface area (Å²) in [5.74, 6) is -0.0718. The van der Waals surface area contributed by atoms with Crippen LogP contribution in [-0.2, 0) is 24.2 Å². The van der Waals surface area contributed by atoms with Gasteiger partial charge in [0.05, 0.1) is 21.5 Å². The number of rotatable bonds is 8. The first-order chi connectivity index (χ1) is 14.4. The van der Waals surface area contributed by atoms with E-state index in [0.717, 1.165) is 49.9 Å². The Kier molecular flexibility index (Phi) is 8.22. The van der Waals surface area contributed by atoms with Crippen molar-refractivity contribution in [2.24, 2.45) is 0 Å². The Hall–Kier alpha value is -1.54. The number of thioether (sulfide) groups is 1. The van der Waals surface area contributed by atoms with Crippen LogP contribution >= 0.6 is 35.0 Å². The maximum atomic E-state index is 12.7. The van der Waals surface area contributed by atoms with Crippen LogP contribution in [0, 0.1) is 0 Å². The first kappa shape index (κ1) is 23.1. The van der Waals surface area contributed by atoms with Crippen molar-refractivity contribution in [3.63, 3.8) is 0 Å². The van der Waals surface area contributed by atoms with Crippen LogP contribution in [-0.4, -0.2) is 46.8 Å². The minimum absolute atomic E-state index is 0.145. The smallest absolute Gasteiger partial charge is 0.324 e. The molecular formula is C21H26Cl2N4O2S. The van der Waals surface area contributed by atoms with E-state index in [-0.39, 0.29) is 17.3 Å². The highest BCUT2D eigenvalue weighted by Crippen LogP contribution is 2.31. The van der Waals surface area contributed by atoms with Gasteiger partial charge in [-0.3, -0.25) is 9.36 Å². The molecule has 0 radical (unpaired) electrons. The quantitative estimate of drug-likeness (QED) is 0.466. The van der Waals surface area contributed by atoms with Gasteiger partial charge in [-0.25, -0.2) is 4.79 Å². The normalized spacial score (nSPS) is 13.4. The zero-order chi connectivity index (χ0) is 21.7. The highest BCUT2D eigenvalue weighted by Gasteiger charge is 2.21. The maximum Gasteiger partial charge on any atom is 0.348 e. The number of carbonyl (C=O) groups is 1. The number of nitrogens with one attached hydrogen (secondary N) is 1. The van der Waals surface area contributed by atoms with Crippen LogP contribution in [0.2, 0.25) is 10.0 Å². The molecule has 1 heterocycles. The first-order valence-electron chi connectivity index (χ1n) is 10.0. The molecule has 1 aromatic carbocycles. The maximum absolute atomic E-state index is 12.7. The molecule has 0 atom stereocenters. The number of hydrogen-bond donors (Lipinski definition) is 1. The Morgan fingerprint density at radius 1 is 1.27 bits per heavy atom. The molecule has 0 saturated carbocycles. The number of nitrogens with zero attached hydrogens (tertiary/aromatic N) is 3. The van der Waals surface area contributed by atoms with E-state index < -0.39 is 0 Å². The van der Waals surface area contributed by atoms with Crippen molar-refractivity contribution >= 4 is 46.6 Å². The Morgan fingerprint density at radius 2 is 2.03 bits per heavy atom. The standard InChI is InChI=1S/C21H26Cl2N4O2S/c1-26(2)11-6-12-27-17-10-4-3-7-14(17)20(25-21(27)29)30-13-18(28)24-16-9-5-8-15(22)19(16)23/h5,8-9H,3-4,6-7,10-13H2,1-2H3,(H,24,28). The lowest BCUT2D eigenvalue weighted by Gasteiger charge is -2.23. The van der Waals surface area contributed by atoms with Crippen LogP contribution in [0.4, 0.5) is 5.69 Å². The first-order valence-corrected chi connectivity index (χ1v) is 11.7. The number of hydrogen-bond acceptors (Lipinski definition) is 5. The third-order valence-electron chi connectivity index (χ3n) is 5.00. The number of carbonyl (C=O) groups excluding carboxylic acids is 1. The summed E-state index contributed by atoms with van der Waals surface area (Å²) in [7, 11) is 4.05. The van der Waals surface area contributed by atoms with Gasteiger partial charge in [0.25, 0.3) is 0 Å². The lowest BCUT2D eigenvalue weighted by molar-refractivity contribution is -0.113. The minimum atomic E-state index is -0.227. The van der Waals surface area contributed by atoms with Gasteiger partial charge in [-0.2, -0.15) is 4.98 Å². The zero-order valence-corrected chi connectivity index (χ0v) is 19.5. The molecule has 1 aromatic heterocycles. The Labute approximate surface area is 191 Å². The predicted molar refractivity (Wildman–Crippen MR) is 124 cm³/mol. The summed E-state index contributed by atoms with van der Waals surface area (Å²) in [5, 5.41) is 4.14. The van der Waals surface area contributed by atoms with Gasteiger partial charge in [-0.1, -0.05) is 41.0 Å². The van der Waals surface area contributed by atoms with Gasteiger partial charge in [0, 0.05) is 17.8 Å². The summed E-state index contributed by atoms with van der Waals surface area (Å²) in [4.78, 5) is 31.6. The number of fused-ring (bicyclic) bond motifs is 1. The van der Waals surface area contributed by atoms with E-state index in [1.165, 1.54) is 11.8 Å². The molecule has 2 aromatic rings. The molecule has 9 heteroatoms. The molecule has 162 valence electrons. The fourth-order valence-electron chi connectivity index (χ4n) is 3.56. The third kappa shape index (κ3) is 5.78. The topological polar surface area (TPSA) is 67.2 Å². The van der Waals surface area contributed by atoms with Crippen LogP contribution in [0.5, 0.6) is 0 Å².